The first-order valence-electron chi connectivity index (χ1n) is 5.00. The molecular weight excluding hydrogens is 192 g/mol. The molecule has 2 N–H and O–H groups in total. The van der Waals surface area contributed by atoms with Crippen LogP contribution < -0.4 is 5.73 Å². The molecule has 0 bridgehead atoms. The lowest BCUT2D eigenvalue weighted by Gasteiger charge is -2.15. The number of carbonyl (C=O) groups is 1. The predicted molar refractivity (Wildman–Crippen MR) is 56.1 cm³/mol. The molecule has 0 saturated heterocycles. The number of nitrogens with zero attached hydrogens (tertiary/aromatic N) is 3. The summed E-state index contributed by atoms with van der Waals surface area (Å²) < 4.78 is 0. The van der Waals surface area contributed by atoms with Crippen LogP contribution in [0.4, 0.5) is 5.82 Å². The lowest BCUT2D eigenvalue weighted by Crippen LogP contribution is -2.29. The molecule has 5 nitrogen and oxygen atoms in total. The average molecular weight is 206 g/mol. The van der Waals surface area contributed by atoms with Crippen molar-refractivity contribution in [2.24, 2.45) is 5.92 Å². The Labute approximate surface area is 88.3 Å². The molecule has 1 aromatic rings. The second-order valence-corrected chi connectivity index (χ2v) is 3.96. The van der Waals surface area contributed by atoms with Crippen LogP contribution in [0.15, 0.2) is 12.4 Å². The number of anilines is 1. The van der Waals surface area contributed by atoms with E-state index < -0.39 is 0 Å². The van der Waals surface area contributed by atoms with Crippen molar-refractivity contribution in [1.29, 1.82) is 0 Å². The van der Waals surface area contributed by atoms with E-state index in [1.165, 1.54) is 25.2 Å². The van der Waals surface area contributed by atoms with Gasteiger partial charge >= 0.3 is 0 Å². The molecule has 5 heteroatoms. The Bertz CT molecular complexity index is 358. The SMILES string of the molecule is CN(CC1CC1)C(=O)c1cnc(N)cn1. The van der Waals surface area contributed by atoms with Gasteiger partial charge in [0.2, 0.25) is 0 Å². The van der Waals surface area contributed by atoms with E-state index in [-0.39, 0.29) is 5.91 Å². The van der Waals surface area contributed by atoms with E-state index in [9.17, 15) is 4.79 Å². The second kappa shape index (κ2) is 3.84. The van der Waals surface area contributed by atoms with Gasteiger partial charge in [-0.1, -0.05) is 0 Å². The van der Waals surface area contributed by atoms with E-state index in [0.717, 1.165) is 6.54 Å². The number of amides is 1. The van der Waals surface area contributed by atoms with E-state index in [0.29, 0.717) is 17.4 Å². The van der Waals surface area contributed by atoms with Gasteiger partial charge in [0.25, 0.3) is 5.91 Å². The van der Waals surface area contributed by atoms with Gasteiger partial charge in [0.05, 0.1) is 12.4 Å². The smallest absolute Gasteiger partial charge is 0.273 e. The first-order valence-corrected chi connectivity index (χ1v) is 5.00. The van der Waals surface area contributed by atoms with Gasteiger partial charge in [-0.05, 0) is 18.8 Å². The number of nitrogen functional groups attached to an aromatic ring is 1. The minimum Gasteiger partial charge on any atom is -0.382 e. The lowest BCUT2D eigenvalue weighted by atomic mass is 10.3. The third kappa shape index (κ3) is 2.43. The molecule has 1 fully saturated rings. The summed E-state index contributed by atoms with van der Waals surface area (Å²) in [5.41, 5.74) is 5.75. The van der Waals surface area contributed by atoms with Gasteiger partial charge in [0, 0.05) is 13.6 Å². The number of hydrogen-bond donors (Lipinski definition) is 1. The molecule has 0 atom stereocenters. The summed E-state index contributed by atoms with van der Waals surface area (Å²) >= 11 is 0. The number of hydrogen-bond acceptors (Lipinski definition) is 4. The summed E-state index contributed by atoms with van der Waals surface area (Å²) in [4.78, 5) is 21.3. The quantitative estimate of drug-likeness (QED) is 0.783. The maximum Gasteiger partial charge on any atom is 0.273 e. The Hall–Kier alpha value is -1.65. The number of aromatic nitrogens is 2. The van der Waals surface area contributed by atoms with Crippen molar-refractivity contribution >= 4 is 11.7 Å². The van der Waals surface area contributed by atoms with Crippen LogP contribution in [0.3, 0.4) is 0 Å². The van der Waals surface area contributed by atoms with Crippen molar-refractivity contribution in [2.75, 3.05) is 19.3 Å². The summed E-state index contributed by atoms with van der Waals surface area (Å²) in [6.07, 6.45) is 5.27. The highest BCUT2D eigenvalue weighted by molar-refractivity contribution is 5.91. The second-order valence-electron chi connectivity index (χ2n) is 3.96. The number of carbonyl (C=O) groups excluding carboxylic acids is 1. The first kappa shape index (κ1) is 9.89. The fourth-order valence-electron chi connectivity index (χ4n) is 1.41. The molecule has 15 heavy (non-hydrogen) atoms. The van der Waals surface area contributed by atoms with Crippen LogP contribution >= 0.6 is 0 Å². The Morgan fingerprint density at radius 1 is 1.53 bits per heavy atom. The summed E-state index contributed by atoms with van der Waals surface area (Å²) in [6, 6.07) is 0. The van der Waals surface area contributed by atoms with Gasteiger partial charge in [-0.25, -0.2) is 9.97 Å². The van der Waals surface area contributed by atoms with Crippen LogP contribution in [0.25, 0.3) is 0 Å². The maximum atomic E-state index is 11.8. The molecule has 1 aliphatic rings. The monoisotopic (exact) mass is 206 g/mol. The Kier molecular flexibility index (Phi) is 2.53. The van der Waals surface area contributed by atoms with E-state index in [1.807, 2.05) is 0 Å². The van der Waals surface area contributed by atoms with E-state index in [2.05, 4.69) is 9.97 Å². The summed E-state index contributed by atoms with van der Waals surface area (Å²) in [5, 5.41) is 0. The third-order valence-electron chi connectivity index (χ3n) is 2.47. The highest BCUT2D eigenvalue weighted by Crippen LogP contribution is 2.29. The molecule has 80 valence electrons. The molecule has 1 aliphatic carbocycles. The van der Waals surface area contributed by atoms with Crippen molar-refractivity contribution < 1.29 is 4.79 Å². The molecule has 1 heterocycles. The van der Waals surface area contributed by atoms with E-state index in [1.54, 1.807) is 11.9 Å². The molecule has 1 aromatic heterocycles. The zero-order chi connectivity index (χ0) is 10.8. The number of nitrogens with two attached hydrogens (primary N) is 1. The fourth-order valence-corrected chi connectivity index (χ4v) is 1.41. The van der Waals surface area contributed by atoms with Crippen LogP contribution in [-0.2, 0) is 0 Å². The highest BCUT2D eigenvalue weighted by atomic mass is 16.2. The van der Waals surface area contributed by atoms with Gasteiger partial charge in [0.15, 0.2) is 0 Å². The molecule has 2 rings (SSSR count). The molecule has 0 unspecified atom stereocenters. The van der Waals surface area contributed by atoms with Crippen molar-refractivity contribution in [2.45, 2.75) is 12.8 Å². The minimum atomic E-state index is -0.0885. The van der Waals surface area contributed by atoms with Gasteiger partial charge in [-0.3, -0.25) is 4.79 Å². The number of rotatable bonds is 3. The average Bonchev–Trinajstić information content (AvgIpc) is 3.02. The molecule has 0 aromatic carbocycles. The topological polar surface area (TPSA) is 72.1 Å². The van der Waals surface area contributed by atoms with Crippen molar-refractivity contribution in [3.8, 4) is 0 Å². The van der Waals surface area contributed by atoms with Gasteiger partial charge in [0.1, 0.15) is 11.5 Å². The molecule has 0 aliphatic heterocycles. The summed E-state index contributed by atoms with van der Waals surface area (Å²) in [5.74, 6) is 0.923. The molecular formula is C10H14N4O. The predicted octanol–water partition coefficient (Wildman–Crippen LogP) is 0.541. The minimum absolute atomic E-state index is 0.0885. The van der Waals surface area contributed by atoms with Crippen LogP contribution in [0, 0.1) is 5.92 Å². The maximum absolute atomic E-state index is 11.8. The van der Waals surface area contributed by atoms with E-state index in [4.69, 9.17) is 5.73 Å². The van der Waals surface area contributed by atoms with Gasteiger partial charge in [-0.15, -0.1) is 0 Å². The summed E-state index contributed by atoms with van der Waals surface area (Å²) in [6.45, 7) is 0.810. The standard InChI is InChI=1S/C10H14N4O/c1-14(6-7-2-3-7)10(15)8-4-13-9(11)5-12-8/h4-5,7H,2-3,6H2,1H3,(H2,11,13). The van der Waals surface area contributed by atoms with E-state index >= 15 is 0 Å². The Balaban J connectivity index is 2.02. The van der Waals surface area contributed by atoms with Gasteiger partial charge in [-0.2, -0.15) is 0 Å². The third-order valence-corrected chi connectivity index (χ3v) is 2.47. The normalized spacial score (nSPS) is 15.0. The van der Waals surface area contributed by atoms with Crippen molar-refractivity contribution in [3.05, 3.63) is 18.1 Å². The largest absolute Gasteiger partial charge is 0.382 e. The lowest BCUT2D eigenvalue weighted by molar-refractivity contribution is 0.0782. The van der Waals surface area contributed by atoms with Gasteiger partial charge < -0.3 is 10.6 Å². The zero-order valence-corrected chi connectivity index (χ0v) is 8.68. The first-order chi connectivity index (χ1) is 7.16. The van der Waals surface area contributed by atoms with Crippen molar-refractivity contribution in [1.82, 2.24) is 14.9 Å². The van der Waals surface area contributed by atoms with Crippen LogP contribution in [0.2, 0.25) is 0 Å². The van der Waals surface area contributed by atoms with Crippen LogP contribution in [-0.4, -0.2) is 34.4 Å². The molecule has 1 saturated carbocycles. The Morgan fingerprint density at radius 2 is 2.27 bits per heavy atom. The summed E-state index contributed by atoms with van der Waals surface area (Å²) in [7, 11) is 1.79. The Morgan fingerprint density at radius 3 is 2.80 bits per heavy atom. The zero-order valence-electron chi connectivity index (χ0n) is 8.68. The van der Waals surface area contributed by atoms with Crippen molar-refractivity contribution in [3.63, 3.8) is 0 Å². The molecule has 0 spiro atoms. The highest BCUT2D eigenvalue weighted by Gasteiger charge is 2.25. The van der Waals surface area contributed by atoms with Crippen LogP contribution in [0.1, 0.15) is 23.3 Å². The molecule has 0 radical (unpaired) electrons. The molecule has 1 amide bonds. The van der Waals surface area contributed by atoms with Crippen LogP contribution in [0.5, 0.6) is 0 Å². The fraction of sp³-hybridized carbons (Fsp3) is 0.500.